The van der Waals surface area contributed by atoms with Gasteiger partial charge in [-0.2, -0.15) is 0 Å². The molecule has 2 saturated heterocycles. The van der Waals surface area contributed by atoms with Gasteiger partial charge >= 0.3 is 0 Å². The molecule has 2 aliphatic rings. The molecule has 0 atom stereocenters. The third-order valence-corrected chi connectivity index (χ3v) is 4.57. The van der Waals surface area contributed by atoms with Crippen molar-refractivity contribution in [3.8, 4) is 0 Å². The Hall–Kier alpha value is -1.40. The van der Waals surface area contributed by atoms with E-state index in [1.54, 1.807) is 6.07 Å². The Morgan fingerprint density at radius 2 is 2.09 bits per heavy atom. The van der Waals surface area contributed by atoms with Crippen LogP contribution in [-0.2, 0) is 11.2 Å². The summed E-state index contributed by atoms with van der Waals surface area (Å²) in [4.78, 5) is 14.3. The third kappa shape index (κ3) is 3.93. The van der Waals surface area contributed by atoms with E-state index in [0.717, 1.165) is 44.6 Å². The molecular formula is C17H27N3O3. The number of amides is 1. The van der Waals surface area contributed by atoms with Crippen molar-refractivity contribution < 1.29 is 14.1 Å². The molecule has 0 aromatic carbocycles. The molecule has 2 fully saturated rings. The van der Waals surface area contributed by atoms with Gasteiger partial charge in [0.05, 0.1) is 24.4 Å². The number of aromatic nitrogens is 1. The number of piperidine rings is 1. The van der Waals surface area contributed by atoms with Gasteiger partial charge < -0.3 is 19.5 Å². The van der Waals surface area contributed by atoms with Gasteiger partial charge in [0.1, 0.15) is 0 Å². The second-order valence-corrected chi connectivity index (χ2v) is 7.26. The molecule has 1 aromatic rings. The molecule has 2 aliphatic heterocycles. The molecule has 23 heavy (non-hydrogen) atoms. The van der Waals surface area contributed by atoms with Crippen molar-refractivity contribution in [1.29, 1.82) is 0 Å². The Morgan fingerprint density at radius 3 is 2.70 bits per heavy atom. The molecule has 3 rings (SSSR count). The van der Waals surface area contributed by atoms with E-state index in [1.807, 2.05) is 4.90 Å². The number of hydrogen-bond acceptors (Lipinski definition) is 5. The highest BCUT2D eigenvalue weighted by molar-refractivity contribution is 5.91. The van der Waals surface area contributed by atoms with Gasteiger partial charge in [-0.1, -0.05) is 19.0 Å². The molecule has 0 spiro atoms. The summed E-state index contributed by atoms with van der Waals surface area (Å²) in [6.07, 6.45) is 4.09. The van der Waals surface area contributed by atoms with Crippen LogP contribution in [0.25, 0.3) is 0 Å². The maximum absolute atomic E-state index is 12.4. The molecule has 6 nitrogen and oxygen atoms in total. The number of ether oxygens (including phenoxy) is 1. The minimum Gasteiger partial charge on any atom is -0.377 e. The van der Waals surface area contributed by atoms with Crippen LogP contribution in [0.4, 0.5) is 0 Å². The Kier molecular flexibility index (Phi) is 5.02. The van der Waals surface area contributed by atoms with Gasteiger partial charge in [0, 0.05) is 25.6 Å². The molecule has 1 N–H and O–H groups in total. The Bertz CT molecular complexity index is 531. The fourth-order valence-corrected chi connectivity index (χ4v) is 3.13. The van der Waals surface area contributed by atoms with Crippen LogP contribution in [0, 0.1) is 5.92 Å². The third-order valence-electron chi connectivity index (χ3n) is 4.57. The zero-order valence-electron chi connectivity index (χ0n) is 14.1. The number of rotatable bonds is 6. The first kappa shape index (κ1) is 16.5. The normalized spacial score (nSPS) is 20.6. The molecular weight excluding hydrogens is 294 g/mol. The second kappa shape index (κ2) is 7.01. The lowest BCUT2D eigenvalue weighted by atomic mass is 9.90. The summed E-state index contributed by atoms with van der Waals surface area (Å²) >= 11 is 0. The first-order valence-electron chi connectivity index (χ1n) is 8.66. The fourth-order valence-electron chi connectivity index (χ4n) is 3.13. The topological polar surface area (TPSA) is 67.6 Å². The van der Waals surface area contributed by atoms with E-state index in [9.17, 15) is 4.79 Å². The summed E-state index contributed by atoms with van der Waals surface area (Å²) in [6.45, 7) is 8.33. The summed E-state index contributed by atoms with van der Waals surface area (Å²) in [6, 6.07) is 1.80. The largest absolute Gasteiger partial charge is 0.377 e. The highest BCUT2D eigenvalue weighted by Crippen LogP contribution is 2.23. The van der Waals surface area contributed by atoms with E-state index < -0.39 is 0 Å². The predicted octanol–water partition coefficient (Wildman–Crippen LogP) is 1.86. The predicted molar refractivity (Wildman–Crippen MR) is 86.4 cm³/mol. The Labute approximate surface area is 137 Å². The van der Waals surface area contributed by atoms with Crippen molar-refractivity contribution in [3.63, 3.8) is 0 Å². The molecule has 1 amide bonds. The molecule has 0 saturated carbocycles. The molecule has 0 bridgehead atoms. The van der Waals surface area contributed by atoms with Crippen molar-refractivity contribution in [3.05, 3.63) is 17.5 Å². The standard InChI is InChI=1S/C17H27N3O3/c1-13(2)10-18-17(11-22-12-17)9-14-8-15(23-19-14)16(21)20-6-4-3-5-7-20/h8,13,18H,3-7,9-12H2,1-2H3. The quantitative estimate of drug-likeness (QED) is 0.866. The smallest absolute Gasteiger partial charge is 0.292 e. The number of hydrogen-bond donors (Lipinski definition) is 1. The molecule has 6 heteroatoms. The Morgan fingerprint density at radius 1 is 1.35 bits per heavy atom. The van der Waals surface area contributed by atoms with E-state index in [4.69, 9.17) is 9.26 Å². The fraction of sp³-hybridized carbons (Fsp3) is 0.765. The van der Waals surface area contributed by atoms with Crippen LogP contribution in [0.15, 0.2) is 10.6 Å². The lowest BCUT2D eigenvalue weighted by molar-refractivity contribution is -0.0755. The van der Waals surface area contributed by atoms with Crippen molar-refractivity contribution in [2.45, 2.75) is 45.1 Å². The zero-order chi connectivity index (χ0) is 16.3. The molecule has 1 aromatic heterocycles. The number of carbonyl (C=O) groups excluding carboxylic acids is 1. The summed E-state index contributed by atoms with van der Waals surface area (Å²) in [7, 11) is 0. The van der Waals surface area contributed by atoms with Gasteiger partial charge in [-0.15, -0.1) is 0 Å². The van der Waals surface area contributed by atoms with Gasteiger partial charge in [0.2, 0.25) is 5.76 Å². The van der Waals surface area contributed by atoms with Crippen LogP contribution in [0.3, 0.4) is 0 Å². The monoisotopic (exact) mass is 321 g/mol. The van der Waals surface area contributed by atoms with Crippen LogP contribution >= 0.6 is 0 Å². The maximum Gasteiger partial charge on any atom is 0.292 e. The number of nitrogens with zero attached hydrogens (tertiary/aromatic N) is 2. The first-order valence-corrected chi connectivity index (χ1v) is 8.66. The van der Waals surface area contributed by atoms with Crippen LogP contribution in [0.1, 0.15) is 49.4 Å². The van der Waals surface area contributed by atoms with Crippen LogP contribution in [-0.4, -0.2) is 54.4 Å². The van der Waals surface area contributed by atoms with Crippen LogP contribution in [0.2, 0.25) is 0 Å². The number of nitrogens with one attached hydrogen (secondary N) is 1. The second-order valence-electron chi connectivity index (χ2n) is 7.26. The first-order chi connectivity index (χ1) is 11.1. The Balaban J connectivity index is 1.61. The molecule has 0 unspecified atom stereocenters. The number of likely N-dealkylation sites (tertiary alicyclic amines) is 1. The molecule has 0 aliphatic carbocycles. The van der Waals surface area contributed by atoms with E-state index >= 15 is 0 Å². The minimum absolute atomic E-state index is 0.0301. The van der Waals surface area contributed by atoms with Gasteiger partial charge in [-0.25, -0.2) is 0 Å². The summed E-state index contributed by atoms with van der Waals surface area (Å²) < 4.78 is 10.7. The molecule has 0 radical (unpaired) electrons. The zero-order valence-corrected chi connectivity index (χ0v) is 14.1. The van der Waals surface area contributed by atoms with Crippen molar-refractivity contribution in [2.75, 3.05) is 32.8 Å². The van der Waals surface area contributed by atoms with E-state index in [1.165, 1.54) is 6.42 Å². The summed E-state index contributed by atoms with van der Waals surface area (Å²) in [5, 5.41) is 7.69. The van der Waals surface area contributed by atoms with Gasteiger partial charge in [0.25, 0.3) is 5.91 Å². The van der Waals surface area contributed by atoms with Crippen molar-refractivity contribution in [2.24, 2.45) is 5.92 Å². The minimum atomic E-state index is -0.0629. The SMILES string of the molecule is CC(C)CNC1(Cc2cc(C(=O)N3CCCCC3)on2)COC1. The average Bonchev–Trinajstić information content (AvgIpc) is 2.98. The van der Waals surface area contributed by atoms with E-state index in [2.05, 4.69) is 24.3 Å². The lowest BCUT2D eigenvalue weighted by Crippen LogP contribution is -2.62. The van der Waals surface area contributed by atoms with Crippen LogP contribution < -0.4 is 5.32 Å². The summed E-state index contributed by atoms with van der Waals surface area (Å²) in [5.41, 5.74) is 0.761. The average molecular weight is 321 g/mol. The van der Waals surface area contributed by atoms with E-state index in [-0.39, 0.29) is 11.4 Å². The van der Waals surface area contributed by atoms with Gasteiger partial charge in [0.15, 0.2) is 0 Å². The maximum atomic E-state index is 12.4. The highest BCUT2D eigenvalue weighted by Gasteiger charge is 2.39. The lowest BCUT2D eigenvalue weighted by Gasteiger charge is -2.42. The van der Waals surface area contributed by atoms with Gasteiger partial charge in [-0.05, 0) is 31.7 Å². The number of carbonyl (C=O) groups is 1. The van der Waals surface area contributed by atoms with Crippen molar-refractivity contribution in [1.82, 2.24) is 15.4 Å². The molecule has 128 valence electrons. The van der Waals surface area contributed by atoms with E-state index in [0.29, 0.717) is 24.9 Å². The molecule has 3 heterocycles. The van der Waals surface area contributed by atoms with Gasteiger partial charge in [-0.3, -0.25) is 4.79 Å². The summed E-state index contributed by atoms with van der Waals surface area (Å²) in [5.74, 6) is 0.916. The van der Waals surface area contributed by atoms with Crippen LogP contribution in [0.5, 0.6) is 0 Å². The van der Waals surface area contributed by atoms with Crippen molar-refractivity contribution >= 4 is 5.91 Å². The highest BCUT2D eigenvalue weighted by atomic mass is 16.5.